The van der Waals surface area contributed by atoms with Crippen LogP contribution in [0.25, 0.3) is 0 Å². The van der Waals surface area contributed by atoms with E-state index in [2.05, 4.69) is 43.5 Å². The maximum Gasteiger partial charge on any atom is 0.220 e. The van der Waals surface area contributed by atoms with Gasteiger partial charge in [0.15, 0.2) is 0 Å². The standard InChI is InChI=1S/C47H89NO3/c1-3-5-7-9-11-13-15-16-17-18-19-20-21-22-23-24-25-26-27-28-29-30-31-33-34-36-38-40-42-46(50)45(44-49)48-47(51)43-41-39-37-35-32-14-12-10-8-6-4-2/h28-29,33-34,40,42,45-46,49-50H,3-27,30-32,35-39,41,43-44H2,1-2H3,(H,48,51)/b29-28+,34-33+,42-40+. The second-order valence-electron chi connectivity index (χ2n) is 15.5. The van der Waals surface area contributed by atoms with Crippen molar-refractivity contribution < 1.29 is 15.0 Å². The number of amides is 1. The van der Waals surface area contributed by atoms with Crippen molar-refractivity contribution in [3.05, 3.63) is 36.5 Å². The summed E-state index contributed by atoms with van der Waals surface area (Å²) < 4.78 is 0. The number of carbonyl (C=O) groups is 1. The van der Waals surface area contributed by atoms with Gasteiger partial charge in [-0.25, -0.2) is 0 Å². The van der Waals surface area contributed by atoms with Gasteiger partial charge < -0.3 is 15.5 Å². The van der Waals surface area contributed by atoms with Crippen molar-refractivity contribution in [3.63, 3.8) is 0 Å². The summed E-state index contributed by atoms with van der Waals surface area (Å²) in [6.45, 7) is 4.29. The molecule has 0 aromatic rings. The number of aliphatic hydroxyl groups excluding tert-OH is 2. The van der Waals surface area contributed by atoms with Crippen molar-refractivity contribution in [2.24, 2.45) is 0 Å². The zero-order valence-electron chi connectivity index (χ0n) is 34.4. The number of hydrogen-bond donors (Lipinski definition) is 3. The molecule has 0 rings (SSSR count). The zero-order chi connectivity index (χ0) is 37.1. The minimum atomic E-state index is -0.866. The highest BCUT2D eigenvalue weighted by Gasteiger charge is 2.17. The number of nitrogens with one attached hydrogen (secondary N) is 1. The maximum absolute atomic E-state index is 12.3. The minimum absolute atomic E-state index is 0.0789. The molecule has 0 bridgehead atoms. The predicted octanol–water partition coefficient (Wildman–Crippen LogP) is 14.2. The number of aliphatic hydroxyl groups is 2. The van der Waals surface area contributed by atoms with Gasteiger partial charge in [-0.15, -0.1) is 0 Å². The second kappa shape index (κ2) is 43.0. The highest BCUT2D eigenvalue weighted by molar-refractivity contribution is 5.76. The van der Waals surface area contributed by atoms with Crippen LogP contribution in [0.2, 0.25) is 0 Å². The Balaban J connectivity index is 3.56. The lowest BCUT2D eigenvalue weighted by atomic mass is 10.0. The predicted molar refractivity (Wildman–Crippen MR) is 225 cm³/mol. The van der Waals surface area contributed by atoms with Crippen LogP contribution >= 0.6 is 0 Å². The Bertz CT molecular complexity index is 775. The van der Waals surface area contributed by atoms with Gasteiger partial charge in [0.05, 0.1) is 18.8 Å². The van der Waals surface area contributed by atoms with Gasteiger partial charge in [-0.2, -0.15) is 0 Å². The molecule has 0 aromatic heterocycles. The first-order chi connectivity index (χ1) is 25.2. The molecule has 0 saturated heterocycles. The van der Waals surface area contributed by atoms with Crippen LogP contribution in [0, 0.1) is 0 Å². The first kappa shape index (κ1) is 49.6. The molecule has 0 aromatic carbocycles. The van der Waals surface area contributed by atoms with E-state index in [0.717, 1.165) is 38.5 Å². The molecule has 0 fully saturated rings. The lowest BCUT2D eigenvalue weighted by Crippen LogP contribution is -2.45. The highest BCUT2D eigenvalue weighted by atomic mass is 16.3. The van der Waals surface area contributed by atoms with E-state index >= 15 is 0 Å². The van der Waals surface area contributed by atoms with E-state index in [4.69, 9.17) is 0 Å². The molecule has 0 aliphatic heterocycles. The lowest BCUT2D eigenvalue weighted by molar-refractivity contribution is -0.123. The van der Waals surface area contributed by atoms with Gasteiger partial charge in [-0.3, -0.25) is 4.79 Å². The van der Waals surface area contributed by atoms with E-state index < -0.39 is 12.1 Å². The summed E-state index contributed by atoms with van der Waals surface area (Å²) in [4.78, 5) is 12.3. The van der Waals surface area contributed by atoms with Crippen molar-refractivity contribution in [1.82, 2.24) is 5.32 Å². The van der Waals surface area contributed by atoms with Crippen LogP contribution < -0.4 is 5.32 Å². The number of rotatable bonds is 41. The average Bonchev–Trinajstić information content (AvgIpc) is 3.13. The molecule has 0 aliphatic rings. The Morgan fingerprint density at radius 3 is 1.14 bits per heavy atom. The van der Waals surface area contributed by atoms with E-state index in [0.29, 0.717) is 6.42 Å². The Morgan fingerprint density at radius 1 is 0.451 bits per heavy atom. The summed E-state index contributed by atoms with van der Waals surface area (Å²) in [6.07, 6.45) is 57.0. The molecular formula is C47H89NO3. The van der Waals surface area contributed by atoms with Crippen LogP contribution in [-0.2, 0) is 4.79 Å². The molecule has 0 heterocycles. The molecule has 0 saturated carbocycles. The third-order valence-corrected chi connectivity index (χ3v) is 10.4. The number of unbranched alkanes of at least 4 members (excludes halogenated alkanes) is 30. The van der Waals surface area contributed by atoms with Crippen LogP contribution in [0.3, 0.4) is 0 Å². The molecule has 3 N–H and O–H groups in total. The fourth-order valence-electron chi connectivity index (χ4n) is 6.86. The molecule has 4 nitrogen and oxygen atoms in total. The molecule has 2 unspecified atom stereocenters. The van der Waals surface area contributed by atoms with Crippen LogP contribution in [0.5, 0.6) is 0 Å². The van der Waals surface area contributed by atoms with Gasteiger partial charge in [-0.05, 0) is 44.9 Å². The normalized spacial score (nSPS) is 13.3. The first-order valence-electron chi connectivity index (χ1n) is 22.7. The number of allylic oxidation sites excluding steroid dienone is 5. The molecule has 300 valence electrons. The Hall–Kier alpha value is -1.39. The molecule has 0 radical (unpaired) electrons. The van der Waals surface area contributed by atoms with E-state index in [-0.39, 0.29) is 12.5 Å². The van der Waals surface area contributed by atoms with E-state index in [1.54, 1.807) is 6.08 Å². The highest BCUT2D eigenvalue weighted by Crippen LogP contribution is 2.15. The topological polar surface area (TPSA) is 69.6 Å². The summed E-state index contributed by atoms with van der Waals surface area (Å²) in [5, 5.41) is 22.9. The van der Waals surface area contributed by atoms with E-state index in [1.807, 2.05) is 6.08 Å². The zero-order valence-corrected chi connectivity index (χ0v) is 34.4. The monoisotopic (exact) mass is 716 g/mol. The van der Waals surface area contributed by atoms with Crippen LogP contribution in [0.4, 0.5) is 0 Å². The lowest BCUT2D eigenvalue weighted by Gasteiger charge is -2.19. The van der Waals surface area contributed by atoms with Gasteiger partial charge in [-0.1, -0.05) is 224 Å². The minimum Gasteiger partial charge on any atom is -0.394 e. The average molecular weight is 716 g/mol. The largest absolute Gasteiger partial charge is 0.394 e. The molecule has 0 aliphatic carbocycles. The van der Waals surface area contributed by atoms with Gasteiger partial charge in [0, 0.05) is 6.42 Å². The fraction of sp³-hybridized carbons (Fsp3) is 0.851. The summed E-state index contributed by atoms with van der Waals surface area (Å²) in [5.41, 5.74) is 0. The SMILES string of the molecule is CCCCCCCCCCCCCCCCCCCC/C=C/CC/C=C/CC/C=C/C(O)C(CO)NC(=O)CCCCCCCCCCCCC. The van der Waals surface area contributed by atoms with Crippen LogP contribution in [0.1, 0.15) is 239 Å². The fourth-order valence-corrected chi connectivity index (χ4v) is 6.86. The summed E-state index contributed by atoms with van der Waals surface area (Å²) in [6, 6.07) is -0.641. The summed E-state index contributed by atoms with van der Waals surface area (Å²) >= 11 is 0. The Kier molecular flexibility index (Phi) is 41.8. The second-order valence-corrected chi connectivity index (χ2v) is 15.5. The van der Waals surface area contributed by atoms with Crippen molar-refractivity contribution >= 4 is 5.91 Å². The molecule has 0 spiro atoms. The summed E-state index contributed by atoms with van der Waals surface area (Å²) in [5.74, 6) is -0.0789. The maximum atomic E-state index is 12.3. The summed E-state index contributed by atoms with van der Waals surface area (Å²) in [7, 11) is 0. The molecular weight excluding hydrogens is 627 g/mol. The van der Waals surface area contributed by atoms with E-state index in [1.165, 1.54) is 180 Å². The van der Waals surface area contributed by atoms with Crippen molar-refractivity contribution in [1.29, 1.82) is 0 Å². The smallest absolute Gasteiger partial charge is 0.220 e. The Labute approximate surface area is 319 Å². The third kappa shape index (κ3) is 39.6. The van der Waals surface area contributed by atoms with Gasteiger partial charge >= 0.3 is 0 Å². The van der Waals surface area contributed by atoms with E-state index in [9.17, 15) is 15.0 Å². The van der Waals surface area contributed by atoms with Crippen LogP contribution in [-0.4, -0.2) is 34.9 Å². The van der Waals surface area contributed by atoms with Crippen LogP contribution in [0.15, 0.2) is 36.5 Å². The number of hydrogen-bond acceptors (Lipinski definition) is 3. The van der Waals surface area contributed by atoms with Gasteiger partial charge in [0.25, 0.3) is 0 Å². The van der Waals surface area contributed by atoms with Crippen molar-refractivity contribution in [2.75, 3.05) is 6.61 Å². The molecule has 2 atom stereocenters. The molecule has 51 heavy (non-hydrogen) atoms. The quantitative estimate of drug-likeness (QED) is 0.0436. The molecule has 1 amide bonds. The van der Waals surface area contributed by atoms with Gasteiger partial charge in [0.2, 0.25) is 5.91 Å². The Morgan fingerprint density at radius 2 is 0.765 bits per heavy atom. The third-order valence-electron chi connectivity index (χ3n) is 10.4. The first-order valence-corrected chi connectivity index (χ1v) is 22.7. The van der Waals surface area contributed by atoms with Crippen molar-refractivity contribution in [3.8, 4) is 0 Å². The number of carbonyl (C=O) groups excluding carboxylic acids is 1. The molecule has 4 heteroatoms. The van der Waals surface area contributed by atoms with Crippen molar-refractivity contribution in [2.45, 2.75) is 251 Å². The van der Waals surface area contributed by atoms with Gasteiger partial charge in [0.1, 0.15) is 0 Å².